The number of nitrogens with zero attached hydrogens (tertiary/aromatic N) is 2. The van der Waals surface area contributed by atoms with Gasteiger partial charge in [-0.25, -0.2) is 4.68 Å². The van der Waals surface area contributed by atoms with Crippen LogP contribution in [0.25, 0.3) is 16.6 Å². The van der Waals surface area contributed by atoms with Gasteiger partial charge in [-0.2, -0.15) is 5.10 Å². The summed E-state index contributed by atoms with van der Waals surface area (Å²) in [5, 5.41) is 15.0. The summed E-state index contributed by atoms with van der Waals surface area (Å²) in [6.07, 6.45) is 1.80. The number of hydrogen-bond acceptors (Lipinski definition) is 3. The molecule has 3 N–H and O–H groups in total. The lowest BCUT2D eigenvalue weighted by atomic mass is 10.1. The lowest BCUT2D eigenvalue weighted by molar-refractivity contribution is 0.475. The molecular weight excluding hydrogens is 226 g/mol. The van der Waals surface area contributed by atoms with E-state index in [1.165, 1.54) is 0 Å². The third-order valence-electron chi connectivity index (χ3n) is 2.97. The monoisotopic (exact) mass is 239 g/mol. The third kappa shape index (κ3) is 1.63. The van der Waals surface area contributed by atoms with E-state index in [9.17, 15) is 5.11 Å². The van der Waals surface area contributed by atoms with E-state index in [1.54, 1.807) is 29.1 Å². The Kier molecular flexibility index (Phi) is 2.50. The molecule has 3 rings (SSSR count). The molecule has 1 aromatic heterocycles. The van der Waals surface area contributed by atoms with Crippen LogP contribution in [0.2, 0.25) is 0 Å². The van der Waals surface area contributed by atoms with Crippen LogP contribution in [0.15, 0.2) is 48.7 Å². The van der Waals surface area contributed by atoms with Crippen LogP contribution in [0.1, 0.15) is 5.56 Å². The SMILES string of the molecule is NCc1cccc2cnn(-c3cccc(O)c3)c12. The van der Waals surface area contributed by atoms with Gasteiger partial charge in [0.1, 0.15) is 5.75 Å². The predicted molar refractivity (Wildman–Crippen MR) is 70.6 cm³/mol. The summed E-state index contributed by atoms with van der Waals surface area (Å²) in [5.41, 5.74) is 8.61. The van der Waals surface area contributed by atoms with Crippen molar-refractivity contribution in [2.24, 2.45) is 5.73 Å². The van der Waals surface area contributed by atoms with E-state index in [4.69, 9.17) is 5.73 Å². The zero-order chi connectivity index (χ0) is 12.5. The fraction of sp³-hybridized carbons (Fsp3) is 0.0714. The van der Waals surface area contributed by atoms with Gasteiger partial charge in [0, 0.05) is 18.0 Å². The zero-order valence-electron chi connectivity index (χ0n) is 9.74. The normalized spacial score (nSPS) is 10.9. The standard InChI is InChI=1S/C14H13N3O/c15-8-10-3-1-4-11-9-16-17(14(10)11)12-5-2-6-13(18)7-12/h1-7,9,18H,8,15H2. The Bertz CT molecular complexity index is 703. The molecular formula is C14H13N3O. The highest BCUT2D eigenvalue weighted by atomic mass is 16.3. The van der Waals surface area contributed by atoms with Gasteiger partial charge < -0.3 is 10.8 Å². The molecule has 0 bridgehead atoms. The number of aromatic nitrogens is 2. The smallest absolute Gasteiger partial charge is 0.117 e. The van der Waals surface area contributed by atoms with Crippen LogP contribution in [0.3, 0.4) is 0 Å². The van der Waals surface area contributed by atoms with Gasteiger partial charge in [-0.1, -0.05) is 24.3 Å². The van der Waals surface area contributed by atoms with Crippen molar-refractivity contribution in [2.45, 2.75) is 6.54 Å². The van der Waals surface area contributed by atoms with Crippen molar-refractivity contribution in [1.82, 2.24) is 9.78 Å². The van der Waals surface area contributed by atoms with Crippen LogP contribution in [-0.4, -0.2) is 14.9 Å². The molecule has 0 aliphatic carbocycles. The highest BCUT2D eigenvalue weighted by Gasteiger charge is 2.08. The molecule has 0 saturated heterocycles. The summed E-state index contributed by atoms with van der Waals surface area (Å²) < 4.78 is 1.80. The second-order valence-electron chi connectivity index (χ2n) is 4.14. The fourth-order valence-electron chi connectivity index (χ4n) is 2.14. The molecule has 0 amide bonds. The van der Waals surface area contributed by atoms with Crippen molar-refractivity contribution in [3.8, 4) is 11.4 Å². The zero-order valence-corrected chi connectivity index (χ0v) is 9.74. The summed E-state index contributed by atoms with van der Waals surface area (Å²) in [6, 6.07) is 13.0. The van der Waals surface area contributed by atoms with Gasteiger partial charge in [0.15, 0.2) is 0 Å². The van der Waals surface area contributed by atoms with E-state index >= 15 is 0 Å². The van der Waals surface area contributed by atoms with Crippen LogP contribution in [0.5, 0.6) is 5.75 Å². The van der Waals surface area contributed by atoms with Crippen LogP contribution in [0, 0.1) is 0 Å². The lowest BCUT2D eigenvalue weighted by Gasteiger charge is -2.07. The molecule has 0 radical (unpaired) electrons. The number of hydrogen-bond donors (Lipinski definition) is 2. The first-order chi connectivity index (χ1) is 8.79. The van der Waals surface area contributed by atoms with Crippen molar-refractivity contribution < 1.29 is 5.11 Å². The highest BCUT2D eigenvalue weighted by Crippen LogP contribution is 2.23. The molecule has 0 aliphatic heterocycles. The van der Waals surface area contributed by atoms with Gasteiger partial charge in [-0.3, -0.25) is 0 Å². The number of fused-ring (bicyclic) bond motifs is 1. The first-order valence-electron chi connectivity index (χ1n) is 5.74. The molecule has 18 heavy (non-hydrogen) atoms. The Morgan fingerprint density at radius 2 is 2.00 bits per heavy atom. The first-order valence-corrected chi connectivity index (χ1v) is 5.74. The second-order valence-corrected chi connectivity index (χ2v) is 4.14. The number of phenolic OH excluding ortho intramolecular Hbond substituents is 1. The van der Waals surface area contributed by atoms with E-state index in [0.717, 1.165) is 22.2 Å². The number of rotatable bonds is 2. The lowest BCUT2D eigenvalue weighted by Crippen LogP contribution is -2.02. The molecule has 0 aliphatic rings. The minimum Gasteiger partial charge on any atom is -0.508 e. The van der Waals surface area contributed by atoms with Crippen molar-refractivity contribution in [3.63, 3.8) is 0 Å². The summed E-state index contributed by atoms with van der Waals surface area (Å²) in [7, 11) is 0. The first kappa shape index (κ1) is 10.8. The molecule has 0 spiro atoms. The van der Waals surface area contributed by atoms with Gasteiger partial charge in [0.25, 0.3) is 0 Å². The van der Waals surface area contributed by atoms with E-state index in [0.29, 0.717) is 6.54 Å². The summed E-state index contributed by atoms with van der Waals surface area (Å²) >= 11 is 0. The number of nitrogens with two attached hydrogens (primary N) is 1. The minimum atomic E-state index is 0.223. The van der Waals surface area contributed by atoms with Gasteiger partial charge in [-0.05, 0) is 17.7 Å². The van der Waals surface area contributed by atoms with Crippen molar-refractivity contribution in [1.29, 1.82) is 0 Å². The molecule has 0 saturated carbocycles. The average molecular weight is 239 g/mol. The van der Waals surface area contributed by atoms with Gasteiger partial charge in [0.05, 0.1) is 17.4 Å². The summed E-state index contributed by atoms with van der Waals surface area (Å²) in [5.74, 6) is 0.223. The topological polar surface area (TPSA) is 64.1 Å². The Morgan fingerprint density at radius 1 is 1.17 bits per heavy atom. The Morgan fingerprint density at radius 3 is 2.78 bits per heavy atom. The Balaban J connectivity index is 2.30. The molecule has 4 heteroatoms. The Labute approximate surface area is 104 Å². The number of aromatic hydroxyl groups is 1. The highest BCUT2D eigenvalue weighted by molar-refractivity contribution is 5.83. The summed E-state index contributed by atoms with van der Waals surface area (Å²) in [4.78, 5) is 0. The molecule has 4 nitrogen and oxygen atoms in total. The fourth-order valence-corrected chi connectivity index (χ4v) is 2.14. The van der Waals surface area contributed by atoms with Crippen molar-refractivity contribution in [2.75, 3.05) is 0 Å². The molecule has 0 atom stereocenters. The van der Waals surface area contributed by atoms with E-state index in [2.05, 4.69) is 5.10 Å². The summed E-state index contributed by atoms with van der Waals surface area (Å²) in [6.45, 7) is 0.460. The van der Waals surface area contributed by atoms with Gasteiger partial charge in [0.2, 0.25) is 0 Å². The quantitative estimate of drug-likeness (QED) is 0.720. The van der Waals surface area contributed by atoms with Gasteiger partial charge >= 0.3 is 0 Å². The van der Waals surface area contributed by atoms with E-state index < -0.39 is 0 Å². The molecule has 90 valence electrons. The third-order valence-corrected chi connectivity index (χ3v) is 2.97. The van der Waals surface area contributed by atoms with E-state index in [-0.39, 0.29) is 5.75 Å². The van der Waals surface area contributed by atoms with Crippen LogP contribution < -0.4 is 5.73 Å². The maximum atomic E-state index is 9.54. The van der Waals surface area contributed by atoms with Gasteiger partial charge in [-0.15, -0.1) is 0 Å². The number of para-hydroxylation sites is 1. The van der Waals surface area contributed by atoms with Crippen molar-refractivity contribution in [3.05, 3.63) is 54.2 Å². The molecule has 0 fully saturated rings. The van der Waals surface area contributed by atoms with Crippen LogP contribution in [0.4, 0.5) is 0 Å². The van der Waals surface area contributed by atoms with Crippen molar-refractivity contribution >= 4 is 10.9 Å². The Hall–Kier alpha value is -2.33. The molecule has 3 aromatic rings. The maximum Gasteiger partial charge on any atom is 0.117 e. The van der Waals surface area contributed by atoms with Crippen LogP contribution in [-0.2, 0) is 6.54 Å². The van der Waals surface area contributed by atoms with Crippen LogP contribution >= 0.6 is 0 Å². The minimum absolute atomic E-state index is 0.223. The molecule has 0 unspecified atom stereocenters. The second kappa shape index (κ2) is 4.16. The number of benzene rings is 2. The maximum absolute atomic E-state index is 9.54. The number of phenols is 1. The average Bonchev–Trinajstić information content (AvgIpc) is 2.82. The largest absolute Gasteiger partial charge is 0.508 e. The van der Waals surface area contributed by atoms with E-state index in [1.807, 2.05) is 24.3 Å². The molecule has 1 heterocycles. The molecule has 2 aromatic carbocycles. The predicted octanol–water partition coefficient (Wildman–Crippen LogP) is 2.19.